The number of hydrogen-bond donors (Lipinski definition) is 1. The zero-order valence-electron chi connectivity index (χ0n) is 14.8. The zero-order chi connectivity index (χ0) is 20.4. The van der Waals surface area contributed by atoms with Gasteiger partial charge >= 0.3 is 5.91 Å². The highest BCUT2D eigenvalue weighted by Gasteiger charge is 2.12. The van der Waals surface area contributed by atoms with E-state index >= 15 is 0 Å². The van der Waals surface area contributed by atoms with Crippen molar-refractivity contribution in [1.29, 1.82) is 0 Å². The molecule has 29 heavy (non-hydrogen) atoms. The standard InChI is InChI=1S/C20H13BrN4O4/c21-14-6-7-18-13(9-14)10-19(29-18)20(26)23-22-12-17-5-2-8-24(17)15-3-1-4-16(11-15)25(27)28/h1-12H,(H,23,26)/b22-12+. The van der Waals surface area contributed by atoms with Gasteiger partial charge in [0, 0.05) is 28.2 Å². The molecule has 2 aromatic heterocycles. The van der Waals surface area contributed by atoms with Crippen molar-refractivity contribution < 1.29 is 14.1 Å². The summed E-state index contributed by atoms with van der Waals surface area (Å²) < 4.78 is 8.14. The molecule has 0 spiro atoms. The summed E-state index contributed by atoms with van der Waals surface area (Å²) in [6.45, 7) is 0. The van der Waals surface area contributed by atoms with Gasteiger partial charge in [-0.15, -0.1) is 0 Å². The lowest BCUT2D eigenvalue weighted by atomic mass is 10.2. The minimum atomic E-state index is -0.484. The van der Waals surface area contributed by atoms with Crippen molar-refractivity contribution in [3.63, 3.8) is 0 Å². The molecular weight excluding hydrogens is 440 g/mol. The largest absolute Gasteiger partial charge is 0.451 e. The Morgan fingerprint density at radius 3 is 2.86 bits per heavy atom. The summed E-state index contributed by atoms with van der Waals surface area (Å²) in [6.07, 6.45) is 3.20. The number of fused-ring (bicyclic) bond motifs is 1. The summed E-state index contributed by atoms with van der Waals surface area (Å²) in [4.78, 5) is 22.8. The molecule has 8 nitrogen and oxygen atoms in total. The van der Waals surface area contributed by atoms with Crippen LogP contribution in [0.5, 0.6) is 0 Å². The van der Waals surface area contributed by atoms with Gasteiger partial charge in [0.1, 0.15) is 5.58 Å². The van der Waals surface area contributed by atoms with Crippen LogP contribution in [-0.2, 0) is 0 Å². The lowest BCUT2D eigenvalue weighted by Gasteiger charge is -2.05. The van der Waals surface area contributed by atoms with Gasteiger partial charge in [0.05, 0.1) is 22.5 Å². The summed E-state index contributed by atoms with van der Waals surface area (Å²) >= 11 is 3.38. The van der Waals surface area contributed by atoms with Crippen molar-refractivity contribution in [1.82, 2.24) is 9.99 Å². The number of benzene rings is 2. The van der Waals surface area contributed by atoms with Crippen LogP contribution in [0.4, 0.5) is 5.69 Å². The molecule has 2 aromatic carbocycles. The number of carbonyl (C=O) groups excluding carboxylic acids is 1. The van der Waals surface area contributed by atoms with Crippen molar-refractivity contribution in [3.8, 4) is 5.69 Å². The van der Waals surface area contributed by atoms with E-state index < -0.39 is 10.8 Å². The summed E-state index contributed by atoms with van der Waals surface area (Å²) in [7, 11) is 0. The first-order valence-electron chi connectivity index (χ1n) is 8.46. The van der Waals surface area contributed by atoms with E-state index in [2.05, 4.69) is 26.5 Å². The van der Waals surface area contributed by atoms with Gasteiger partial charge in [0.2, 0.25) is 0 Å². The van der Waals surface area contributed by atoms with Gasteiger partial charge in [0.15, 0.2) is 5.76 Å². The molecule has 2 heterocycles. The Morgan fingerprint density at radius 2 is 2.03 bits per heavy atom. The number of rotatable bonds is 5. The van der Waals surface area contributed by atoms with Gasteiger partial charge in [-0.1, -0.05) is 22.0 Å². The third-order valence-electron chi connectivity index (χ3n) is 4.16. The predicted molar refractivity (Wildman–Crippen MR) is 111 cm³/mol. The molecule has 144 valence electrons. The Labute approximate surface area is 172 Å². The first-order valence-corrected chi connectivity index (χ1v) is 9.25. The third kappa shape index (κ3) is 3.94. The van der Waals surface area contributed by atoms with Crippen LogP contribution in [0.2, 0.25) is 0 Å². The first-order chi connectivity index (χ1) is 14.0. The third-order valence-corrected chi connectivity index (χ3v) is 4.66. The number of nitrogens with zero attached hydrogens (tertiary/aromatic N) is 3. The number of carbonyl (C=O) groups is 1. The number of nitrogens with one attached hydrogen (secondary N) is 1. The van der Waals surface area contributed by atoms with Crippen LogP contribution >= 0.6 is 15.9 Å². The van der Waals surface area contributed by atoms with Gasteiger partial charge in [-0.25, -0.2) is 5.43 Å². The van der Waals surface area contributed by atoms with Crippen LogP contribution in [0.3, 0.4) is 0 Å². The fourth-order valence-electron chi connectivity index (χ4n) is 2.83. The van der Waals surface area contributed by atoms with Crippen molar-refractivity contribution in [2.45, 2.75) is 0 Å². The van der Waals surface area contributed by atoms with Crippen molar-refractivity contribution in [2.75, 3.05) is 0 Å². The maximum Gasteiger partial charge on any atom is 0.307 e. The van der Waals surface area contributed by atoms with E-state index in [0.29, 0.717) is 17.0 Å². The van der Waals surface area contributed by atoms with Crippen molar-refractivity contribution in [3.05, 3.63) is 92.9 Å². The number of hydrogen-bond acceptors (Lipinski definition) is 5. The monoisotopic (exact) mass is 452 g/mol. The number of halogens is 1. The summed E-state index contributed by atoms with van der Waals surface area (Å²) in [5.41, 5.74) is 4.26. The maximum absolute atomic E-state index is 12.3. The van der Waals surface area contributed by atoms with E-state index in [4.69, 9.17) is 4.42 Å². The fourth-order valence-corrected chi connectivity index (χ4v) is 3.21. The highest BCUT2D eigenvalue weighted by molar-refractivity contribution is 9.10. The molecule has 0 atom stereocenters. The van der Waals surface area contributed by atoms with Crippen molar-refractivity contribution in [2.24, 2.45) is 5.10 Å². The maximum atomic E-state index is 12.3. The Kier molecular flexibility index (Phi) is 4.96. The van der Waals surface area contributed by atoms with Gasteiger partial charge < -0.3 is 8.98 Å². The molecule has 0 fully saturated rings. The summed E-state index contributed by atoms with van der Waals surface area (Å²) in [5, 5.41) is 15.8. The molecule has 0 aliphatic carbocycles. The molecule has 0 unspecified atom stereocenters. The van der Waals surface area contributed by atoms with E-state index in [-0.39, 0.29) is 11.4 Å². The topological polar surface area (TPSA) is 103 Å². The van der Waals surface area contributed by atoms with E-state index in [1.54, 1.807) is 47.2 Å². The van der Waals surface area contributed by atoms with Crippen LogP contribution in [0.15, 0.2) is 80.9 Å². The van der Waals surface area contributed by atoms with E-state index in [1.807, 2.05) is 12.1 Å². The Morgan fingerprint density at radius 1 is 1.17 bits per heavy atom. The molecule has 4 aromatic rings. The molecule has 9 heteroatoms. The van der Waals surface area contributed by atoms with Gasteiger partial charge in [0.25, 0.3) is 5.69 Å². The summed E-state index contributed by atoms with van der Waals surface area (Å²) in [6, 6.07) is 16.9. The number of furan rings is 1. The molecule has 1 N–H and O–H groups in total. The summed E-state index contributed by atoms with van der Waals surface area (Å²) in [5.74, 6) is -0.341. The van der Waals surface area contributed by atoms with Gasteiger partial charge in [-0.05, 0) is 42.5 Å². The molecular formula is C20H13BrN4O4. The molecule has 0 aliphatic rings. The minimum Gasteiger partial charge on any atom is -0.451 e. The second-order valence-electron chi connectivity index (χ2n) is 6.07. The molecule has 4 rings (SSSR count). The lowest BCUT2D eigenvalue weighted by molar-refractivity contribution is -0.384. The Bertz CT molecular complexity index is 1260. The van der Waals surface area contributed by atoms with Gasteiger partial charge in [-0.2, -0.15) is 5.10 Å². The predicted octanol–water partition coefficient (Wildman–Crippen LogP) is 4.66. The average molecular weight is 453 g/mol. The Hall–Kier alpha value is -3.72. The van der Waals surface area contributed by atoms with Crippen molar-refractivity contribution >= 4 is 44.7 Å². The normalized spacial score (nSPS) is 11.2. The zero-order valence-corrected chi connectivity index (χ0v) is 16.4. The van der Waals surface area contributed by atoms with Gasteiger partial charge in [-0.3, -0.25) is 14.9 Å². The number of nitro groups is 1. The van der Waals surface area contributed by atoms with Crippen LogP contribution in [0, 0.1) is 10.1 Å². The van der Waals surface area contributed by atoms with Crippen LogP contribution in [0.25, 0.3) is 16.7 Å². The SMILES string of the molecule is O=C(N/N=C/c1cccn1-c1cccc([N+](=O)[O-])c1)c1cc2cc(Br)ccc2o1. The lowest BCUT2D eigenvalue weighted by Crippen LogP contribution is -2.17. The number of nitro benzene ring substituents is 1. The van der Waals surface area contributed by atoms with E-state index in [0.717, 1.165) is 9.86 Å². The molecule has 0 radical (unpaired) electrons. The highest BCUT2D eigenvalue weighted by atomic mass is 79.9. The molecule has 0 saturated carbocycles. The Balaban J connectivity index is 1.51. The second-order valence-corrected chi connectivity index (χ2v) is 6.99. The van der Waals surface area contributed by atoms with E-state index in [1.165, 1.54) is 18.3 Å². The number of aromatic nitrogens is 1. The molecule has 0 bridgehead atoms. The van der Waals surface area contributed by atoms with Crippen LogP contribution in [-0.4, -0.2) is 21.6 Å². The second kappa shape index (κ2) is 7.72. The number of non-ortho nitro benzene ring substituents is 1. The van der Waals surface area contributed by atoms with Crippen LogP contribution in [0.1, 0.15) is 16.2 Å². The average Bonchev–Trinajstić information content (AvgIpc) is 3.34. The fraction of sp³-hybridized carbons (Fsp3) is 0. The van der Waals surface area contributed by atoms with E-state index in [9.17, 15) is 14.9 Å². The highest BCUT2D eigenvalue weighted by Crippen LogP contribution is 2.23. The van der Waals surface area contributed by atoms with Crippen LogP contribution < -0.4 is 5.43 Å². The first kappa shape index (κ1) is 18.6. The quantitative estimate of drug-likeness (QED) is 0.270. The number of amides is 1. The molecule has 1 amide bonds. The number of hydrazone groups is 1. The molecule has 0 aliphatic heterocycles. The minimum absolute atomic E-state index is 0.0103. The smallest absolute Gasteiger partial charge is 0.307 e. The molecule has 0 saturated heterocycles.